The number of fused-ring (bicyclic) bond motifs is 1. The lowest BCUT2D eigenvalue weighted by Gasteiger charge is -2.22. The summed E-state index contributed by atoms with van der Waals surface area (Å²) >= 11 is 0. The van der Waals surface area contributed by atoms with Gasteiger partial charge in [0, 0.05) is 13.0 Å². The minimum absolute atomic E-state index is 0.230. The van der Waals surface area contributed by atoms with Gasteiger partial charge in [0.25, 0.3) is 0 Å². The Morgan fingerprint density at radius 3 is 2.65 bits per heavy atom. The number of benzene rings is 1. The summed E-state index contributed by atoms with van der Waals surface area (Å²) in [4.78, 5) is 4.62. The van der Waals surface area contributed by atoms with Crippen LogP contribution in [0.2, 0.25) is 0 Å². The van der Waals surface area contributed by atoms with Gasteiger partial charge in [-0.25, -0.2) is 4.98 Å². The number of rotatable bonds is 5. The first kappa shape index (κ1) is 15.0. The van der Waals surface area contributed by atoms with Gasteiger partial charge in [0.2, 0.25) is 0 Å². The van der Waals surface area contributed by atoms with Gasteiger partial charge in [-0.05, 0) is 39.8 Å². The van der Waals surface area contributed by atoms with Crippen molar-refractivity contribution in [2.45, 2.75) is 52.4 Å². The van der Waals surface area contributed by atoms with E-state index in [0.717, 1.165) is 23.4 Å². The van der Waals surface area contributed by atoms with Gasteiger partial charge in [0.1, 0.15) is 5.82 Å². The quantitative estimate of drug-likeness (QED) is 0.913. The smallest absolute Gasteiger partial charge is 0.112 e. The third-order valence-electron chi connectivity index (χ3n) is 3.18. The highest BCUT2D eigenvalue weighted by Crippen LogP contribution is 2.17. The number of hydrogen-bond acceptors (Lipinski definition) is 3. The highest BCUT2D eigenvalue weighted by Gasteiger charge is 2.17. The molecule has 0 aliphatic rings. The second kappa shape index (κ2) is 5.94. The summed E-state index contributed by atoms with van der Waals surface area (Å²) in [5.74, 6) is 0.915. The largest absolute Gasteiger partial charge is 0.390 e. The van der Waals surface area contributed by atoms with Crippen LogP contribution in [0.15, 0.2) is 24.3 Å². The summed E-state index contributed by atoms with van der Waals surface area (Å²) in [6.07, 6.45) is -0.0187. The fourth-order valence-electron chi connectivity index (χ4n) is 2.25. The molecule has 1 atom stereocenters. The first-order valence-electron chi connectivity index (χ1n) is 7.17. The van der Waals surface area contributed by atoms with Crippen LogP contribution in [0.25, 0.3) is 11.0 Å². The molecule has 0 saturated heterocycles. The molecule has 0 aliphatic carbocycles. The van der Waals surface area contributed by atoms with Gasteiger partial charge in [-0.15, -0.1) is 0 Å². The maximum atomic E-state index is 10.1. The molecule has 4 heteroatoms. The summed E-state index contributed by atoms with van der Waals surface area (Å²) in [6.45, 7) is 9.23. The van der Waals surface area contributed by atoms with E-state index in [-0.39, 0.29) is 5.60 Å². The van der Waals surface area contributed by atoms with E-state index in [1.165, 1.54) is 0 Å². The number of nitrogens with zero attached hydrogens (tertiary/aromatic N) is 2. The minimum Gasteiger partial charge on any atom is -0.390 e. The molecule has 0 radical (unpaired) electrons. The van der Waals surface area contributed by atoms with Gasteiger partial charge >= 0.3 is 0 Å². The monoisotopic (exact) mass is 276 g/mol. The zero-order valence-corrected chi connectivity index (χ0v) is 12.8. The van der Waals surface area contributed by atoms with E-state index in [1.54, 1.807) is 0 Å². The molecule has 1 N–H and O–H groups in total. The Morgan fingerprint density at radius 2 is 2.00 bits per heavy atom. The molecule has 0 aliphatic heterocycles. The lowest BCUT2D eigenvalue weighted by Crippen LogP contribution is -2.28. The van der Waals surface area contributed by atoms with Crippen molar-refractivity contribution < 1.29 is 9.84 Å². The van der Waals surface area contributed by atoms with E-state index in [4.69, 9.17) is 4.74 Å². The van der Waals surface area contributed by atoms with E-state index in [1.807, 2.05) is 39.0 Å². The van der Waals surface area contributed by atoms with Gasteiger partial charge in [-0.1, -0.05) is 12.1 Å². The number of hydrogen-bond donors (Lipinski definition) is 1. The van der Waals surface area contributed by atoms with Crippen molar-refractivity contribution in [3.05, 3.63) is 30.1 Å². The van der Waals surface area contributed by atoms with Gasteiger partial charge in [0.05, 0.1) is 29.3 Å². The third kappa shape index (κ3) is 3.58. The van der Waals surface area contributed by atoms with E-state index < -0.39 is 6.10 Å². The predicted molar refractivity (Wildman–Crippen MR) is 80.8 cm³/mol. The minimum atomic E-state index is -0.531. The SMILES string of the molecule is CCn1c(CC(O)COC(C)(C)C)nc2ccccc21. The van der Waals surface area contributed by atoms with Crippen molar-refractivity contribution in [1.29, 1.82) is 0 Å². The van der Waals surface area contributed by atoms with Crippen LogP contribution in [0.4, 0.5) is 0 Å². The van der Waals surface area contributed by atoms with Crippen LogP contribution >= 0.6 is 0 Å². The zero-order valence-electron chi connectivity index (χ0n) is 12.8. The first-order valence-corrected chi connectivity index (χ1v) is 7.17. The van der Waals surface area contributed by atoms with Crippen LogP contribution in [-0.4, -0.2) is 33.0 Å². The topological polar surface area (TPSA) is 47.3 Å². The van der Waals surface area contributed by atoms with E-state index >= 15 is 0 Å². The van der Waals surface area contributed by atoms with Crippen molar-refractivity contribution in [3.63, 3.8) is 0 Å². The molecule has 0 spiro atoms. The predicted octanol–water partition coefficient (Wildman–Crippen LogP) is 2.77. The Bertz CT molecular complexity index is 569. The summed E-state index contributed by atoms with van der Waals surface area (Å²) in [7, 11) is 0. The molecule has 110 valence electrons. The fourth-order valence-corrected chi connectivity index (χ4v) is 2.25. The van der Waals surface area contributed by atoms with Gasteiger partial charge < -0.3 is 14.4 Å². The van der Waals surface area contributed by atoms with Crippen molar-refractivity contribution in [2.24, 2.45) is 0 Å². The van der Waals surface area contributed by atoms with Crippen LogP contribution < -0.4 is 0 Å². The average Bonchev–Trinajstić information content (AvgIpc) is 2.72. The number of imidazole rings is 1. The average molecular weight is 276 g/mol. The molecule has 1 unspecified atom stereocenters. The van der Waals surface area contributed by atoms with Crippen molar-refractivity contribution in [2.75, 3.05) is 6.61 Å². The summed E-state index contributed by atoms with van der Waals surface area (Å²) in [5, 5.41) is 10.1. The van der Waals surface area contributed by atoms with Crippen LogP contribution in [0, 0.1) is 0 Å². The molecule has 2 aromatic rings. The molecule has 0 bridgehead atoms. The van der Waals surface area contributed by atoms with Crippen molar-refractivity contribution in [1.82, 2.24) is 9.55 Å². The first-order chi connectivity index (χ1) is 9.40. The Balaban J connectivity index is 2.13. The summed E-state index contributed by atoms with van der Waals surface area (Å²) in [6, 6.07) is 8.06. The van der Waals surface area contributed by atoms with Crippen LogP contribution in [0.5, 0.6) is 0 Å². The number of para-hydroxylation sites is 2. The van der Waals surface area contributed by atoms with Gasteiger partial charge in [0.15, 0.2) is 0 Å². The molecule has 0 amide bonds. The van der Waals surface area contributed by atoms with Gasteiger partial charge in [-0.2, -0.15) is 0 Å². The van der Waals surface area contributed by atoms with Crippen LogP contribution in [-0.2, 0) is 17.7 Å². The Labute approximate surface area is 120 Å². The number of aromatic nitrogens is 2. The Morgan fingerprint density at radius 1 is 1.30 bits per heavy atom. The lowest BCUT2D eigenvalue weighted by atomic mass is 10.2. The molecular weight excluding hydrogens is 252 g/mol. The summed E-state index contributed by atoms with van der Waals surface area (Å²) in [5.41, 5.74) is 1.87. The Hall–Kier alpha value is -1.39. The fraction of sp³-hybridized carbons (Fsp3) is 0.562. The molecule has 0 fully saturated rings. The number of aliphatic hydroxyl groups is 1. The van der Waals surface area contributed by atoms with Crippen LogP contribution in [0.3, 0.4) is 0 Å². The standard InChI is InChI=1S/C16H24N2O2/c1-5-18-14-9-7-6-8-13(14)17-15(18)10-12(19)11-20-16(2,3)4/h6-9,12,19H,5,10-11H2,1-4H3. The van der Waals surface area contributed by atoms with E-state index in [0.29, 0.717) is 13.0 Å². The van der Waals surface area contributed by atoms with E-state index in [2.05, 4.69) is 22.5 Å². The second-order valence-corrected chi connectivity index (χ2v) is 6.04. The maximum absolute atomic E-state index is 10.1. The lowest BCUT2D eigenvalue weighted by molar-refractivity contribution is -0.0488. The highest BCUT2D eigenvalue weighted by atomic mass is 16.5. The Kier molecular flexibility index (Phi) is 4.45. The number of aliphatic hydroxyl groups excluding tert-OH is 1. The second-order valence-electron chi connectivity index (χ2n) is 6.04. The molecule has 4 nitrogen and oxygen atoms in total. The van der Waals surface area contributed by atoms with E-state index in [9.17, 15) is 5.11 Å². The van der Waals surface area contributed by atoms with Crippen molar-refractivity contribution in [3.8, 4) is 0 Å². The molecule has 1 aromatic carbocycles. The molecule has 2 rings (SSSR count). The zero-order chi connectivity index (χ0) is 14.8. The maximum Gasteiger partial charge on any atom is 0.112 e. The molecule has 0 saturated carbocycles. The third-order valence-corrected chi connectivity index (χ3v) is 3.18. The van der Waals surface area contributed by atoms with Gasteiger partial charge in [-0.3, -0.25) is 0 Å². The van der Waals surface area contributed by atoms with Crippen LogP contribution in [0.1, 0.15) is 33.5 Å². The molecule has 1 aromatic heterocycles. The number of ether oxygens (including phenoxy) is 1. The highest BCUT2D eigenvalue weighted by molar-refractivity contribution is 5.75. The normalized spacial score (nSPS) is 13.8. The molecule has 20 heavy (non-hydrogen) atoms. The number of aryl methyl sites for hydroxylation is 1. The molecular formula is C16H24N2O2. The van der Waals surface area contributed by atoms with Crippen molar-refractivity contribution >= 4 is 11.0 Å². The summed E-state index contributed by atoms with van der Waals surface area (Å²) < 4.78 is 7.77. The molecule has 1 heterocycles.